The third-order valence-corrected chi connectivity index (χ3v) is 6.42. The summed E-state index contributed by atoms with van der Waals surface area (Å²) < 4.78 is 6.59. The molecule has 3 aromatic carbocycles. The average molecular weight is 516 g/mol. The molecule has 0 aliphatic heterocycles. The Morgan fingerprint density at radius 3 is 2.61 bits per heavy atom. The first-order valence-corrected chi connectivity index (χ1v) is 12.1. The van der Waals surface area contributed by atoms with Crippen molar-refractivity contribution < 1.29 is 9.53 Å². The molecule has 0 radical (unpaired) electrons. The fourth-order valence-electron chi connectivity index (χ4n) is 3.10. The SMILES string of the molecule is CCCOc1ccc(C(=O)NC(=S)Nc2c(Cl)cc(Cl)cc2-c2nc3ccccc3s2)cc1. The molecule has 0 atom stereocenters. The Hall–Kier alpha value is -2.71. The van der Waals surface area contributed by atoms with Gasteiger partial charge in [0.15, 0.2) is 5.11 Å². The van der Waals surface area contributed by atoms with Gasteiger partial charge in [-0.05, 0) is 67.2 Å². The fraction of sp³-hybridized carbons (Fsp3) is 0.125. The van der Waals surface area contributed by atoms with Crippen LogP contribution in [0.1, 0.15) is 23.7 Å². The quantitative estimate of drug-likeness (QED) is 0.266. The molecule has 33 heavy (non-hydrogen) atoms. The maximum Gasteiger partial charge on any atom is 0.257 e. The zero-order valence-corrected chi connectivity index (χ0v) is 20.7. The van der Waals surface area contributed by atoms with Crippen LogP contribution in [0.2, 0.25) is 10.0 Å². The lowest BCUT2D eigenvalue weighted by molar-refractivity contribution is 0.0977. The minimum Gasteiger partial charge on any atom is -0.494 e. The van der Waals surface area contributed by atoms with Crippen LogP contribution in [0.3, 0.4) is 0 Å². The number of ether oxygens (including phenoxy) is 1. The molecular weight excluding hydrogens is 497 g/mol. The summed E-state index contributed by atoms with van der Waals surface area (Å²) in [6.45, 7) is 2.66. The standard InChI is InChI=1S/C24H19Cl2N3O2S2/c1-2-11-31-16-9-7-14(8-10-16)22(30)29-24(32)28-21-17(12-15(25)13-18(21)26)23-27-19-5-3-4-6-20(19)33-23/h3-10,12-13H,2,11H2,1H3,(H2,28,29,30,32). The zero-order chi connectivity index (χ0) is 23.4. The van der Waals surface area contributed by atoms with E-state index < -0.39 is 0 Å². The van der Waals surface area contributed by atoms with Crippen LogP contribution < -0.4 is 15.4 Å². The third kappa shape index (κ3) is 5.62. The van der Waals surface area contributed by atoms with E-state index in [2.05, 4.69) is 15.6 Å². The molecule has 0 saturated heterocycles. The molecule has 4 rings (SSSR count). The van der Waals surface area contributed by atoms with Crippen LogP contribution in [0.5, 0.6) is 5.75 Å². The van der Waals surface area contributed by atoms with Crippen LogP contribution in [0, 0.1) is 0 Å². The molecule has 4 aromatic rings. The molecule has 0 saturated carbocycles. The van der Waals surface area contributed by atoms with Crippen LogP contribution in [-0.4, -0.2) is 22.6 Å². The lowest BCUT2D eigenvalue weighted by Crippen LogP contribution is -2.34. The number of fused-ring (bicyclic) bond motifs is 1. The molecule has 1 heterocycles. The second-order valence-electron chi connectivity index (χ2n) is 7.08. The molecular formula is C24H19Cl2N3O2S2. The number of nitrogens with zero attached hydrogens (tertiary/aromatic N) is 1. The Morgan fingerprint density at radius 2 is 1.88 bits per heavy atom. The number of carbonyl (C=O) groups is 1. The molecule has 1 amide bonds. The highest BCUT2D eigenvalue weighted by Gasteiger charge is 2.17. The van der Waals surface area contributed by atoms with Crippen LogP contribution in [0.15, 0.2) is 60.7 Å². The Morgan fingerprint density at radius 1 is 1.12 bits per heavy atom. The molecule has 1 aromatic heterocycles. The summed E-state index contributed by atoms with van der Waals surface area (Å²) in [7, 11) is 0. The molecule has 0 spiro atoms. The van der Waals surface area contributed by atoms with Gasteiger partial charge in [-0.2, -0.15) is 0 Å². The van der Waals surface area contributed by atoms with Crippen molar-refractivity contribution in [2.45, 2.75) is 13.3 Å². The summed E-state index contributed by atoms with van der Waals surface area (Å²) in [6.07, 6.45) is 0.911. The fourth-order valence-corrected chi connectivity index (χ4v) is 4.82. The highest BCUT2D eigenvalue weighted by molar-refractivity contribution is 7.80. The highest BCUT2D eigenvalue weighted by Crippen LogP contribution is 2.40. The number of para-hydroxylation sites is 1. The molecule has 0 aliphatic carbocycles. The number of thiazole rings is 1. The predicted octanol–water partition coefficient (Wildman–Crippen LogP) is 7.19. The lowest BCUT2D eigenvalue weighted by atomic mass is 10.2. The Kier molecular flexibility index (Phi) is 7.45. The number of benzene rings is 3. The molecule has 2 N–H and O–H groups in total. The zero-order valence-electron chi connectivity index (χ0n) is 17.5. The first-order valence-electron chi connectivity index (χ1n) is 10.1. The Bertz CT molecular complexity index is 1290. The number of hydrogen-bond donors (Lipinski definition) is 2. The minimum absolute atomic E-state index is 0.109. The van der Waals surface area contributed by atoms with Gasteiger partial charge in [0, 0.05) is 16.1 Å². The van der Waals surface area contributed by atoms with Crippen molar-refractivity contribution in [1.29, 1.82) is 0 Å². The number of thiocarbonyl (C=S) groups is 1. The molecule has 168 valence electrons. The average Bonchev–Trinajstić information content (AvgIpc) is 3.23. The second-order valence-corrected chi connectivity index (χ2v) is 9.36. The van der Waals surface area contributed by atoms with Crippen molar-refractivity contribution in [2.24, 2.45) is 0 Å². The number of rotatable bonds is 6. The lowest BCUT2D eigenvalue weighted by Gasteiger charge is -2.15. The van der Waals surface area contributed by atoms with Gasteiger partial charge in [0.25, 0.3) is 5.91 Å². The number of aromatic nitrogens is 1. The first kappa shape index (κ1) is 23.4. The van der Waals surface area contributed by atoms with Crippen LogP contribution in [-0.2, 0) is 0 Å². The van der Waals surface area contributed by atoms with Gasteiger partial charge in [-0.25, -0.2) is 4.98 Å². The van der Waals surface area contributed by atoms with Crippen LogP contribution >= 0.6 is 46.8 Å². The van der Waals surface area contributed by atoms with Gasteiger partial charge in [-0.3, -0.25) is 10.1 Å². The Balaban J connectivity index is 1.53. The van der Waals surface area contributed by atoms with E-state index in [0.717, 1.165) is 21.6 Å². The van der Waals surface area contributed by atoms with E-state index in [-0.39, 0.29) is 11.0 Å². The van der Waals surface area contributed by atoms with Crippen LogP contribution in [0.4, 0.5) is 5.69 Å². The van der Waals surface area contributed by atoms with Crippen molar-refractivity contribution in [1.82, 2.24) is 10.3 Å². The van der Waals surface area contributed by atoms with Crippen molar-refractivity contribution in [3.8, 4) is 16.3 Å². The molecule has 0 unspecified atom stereocenters. The number of anilines is 1. The largest absolute Gasteiger partial charge is 0.494 e. The van der Waals surface area contributed by atoms with Gasteiger partial charge in [0.1, 0.15) is 10.8 Å². The van der Waals surface area contributed by atoms with E-state index in [4.69, 9.17) is 40.2 Å². The summed E-state index contributed by atoms with van der Waals surface area (Å²) in [6, 6.07) is 18.1. The van der Waals surface area contributed by atoms with E-state index in [1.807, 2.05) is 31.2 Å². The van der Waals surface area contributed by atoms with Gasteiger partial charge in [-0.1, -0.05) is 42.3 Å². The molecule has 0 aliphatic rings. The maximum absolute atomic E-state index is 12.6. The minimum atomic E-state index is -0.346. The summed E-state index contributed by atoms with van der Waals surface area (Å²) in [5.41, 5.74) is 2.55. The Labute approximate surface area is 210 Å². The van der Waals surface area contributed by atoms with Crippen molar-refractivity contribution in [2.75, 3.05) is 11.9 Å². The van der Waals surface area contributed by atoms with Crippen molar-refractivity contribution >= 4 is 73.7 Å². The molecule has 0 bridgehead atoms. The summed E-state index contributed by atoms with van der Waals surface area (Å²) in [5.74, 6) is 0.365. The van der Waals surface area contributed by atoms with Gasteiger partial charge >= 0.3 is 0 Å². The number of halogens is 2. The molecule has 5 nitrogen and oxygen atoms in total. The van der Waals surface area contributed by atoms with Gasteiger partial charge in [0.05, 0.1) is 27.5 Å². The topological polar surface area (TPSA) is 63.2 Å². The molecule has 0 fully saturated rings. The second kappa shape index (κ2) is 10.5. The van der Waals surface area contributed by atoms with Gasteiger partial charge < -0.3 is 10.1 Å². The van der Waals surface area contributed by atoms with E-state index in [1.165, 1.54) is 11.3 Å². The maximum atomic E-state index is 12.6. The first-order chi connectivity index (χ1) is 15.9. The van der Waals surface area contributed by atoms with E-state index in [9.17, 15) is 4.79 Å². The smallest absolute Gasteiger partial charge is 0.257 e. The number of carbonyl (C=O) groups excluding carboxylic acids is 1. The van der Waals surface area contributed by atoms with E-state index >= 15 is 0 Å². The third-order valence-electron chi connectivity index (χ3n) is 4.63. The molecule has 9 heteroatoms. The van der Waals surface area contributed by atoms with E-state index in [1.54, 1.807) is 36.4 Å². The summed E-state index contributed by atoms with van der Waals surface area (Å²) >= 11 is 19.7. The van der Waals surface area contributed by atoms with Crippen molar-refractivity contribution in [3.63, 3.8) is 0 Å². The predicted molar refractivity (Wildman–Crippen MR) is 141 cm³/mol. The normalized spacial score (nSPS) is 10.8. The van der Waals surface area contributed by atoms with Gasteiger partial charge in [0.2, 0.25) is 0 Å². The number of hydrogen-bond acceptors (Lipinski definition) is 5. The highest BCUT2D eigenvalue weighted by atomic mass is 35.5. The summed E-state index contributed by atoms with van der Waals surface area (Å²) in [4.78, 5) is 17.3. The van der Waals surface area contributed by atoms with Crippen LogP contribution in [0.25, 0.3) is 20.8 Å². The summed E-state index contributed by atoms with van der Waals surface area (Å²) in [5, 5.41) is 7.41. The van der Waals surface area contributed by atoms with Crippen molar-refractivity contribution in [3.05, 3.63) is 76.3 Å². The monoisotopic (exact) mass is 515 g/mol. The van der Waals surface area contributed by atoms with Gasteiger partial charge in [-0.15, -0.1) is 11.3 Å². The number of nitrogens with one attached hydrogen (secondary N) is 2. The number of amides is 1. The van der Waals surface area contributed by atoms with E-state index in [0.29, 0.717) is 39.2 Å².